The van der Waals surface area contributed by atoms with Gasteiger partial charge in [0.2, 0.25) is 0 Å². The molecule has 184 valence electrons. The monoisotopic (exact) mass is 484 g/mol. The van der Waals surface area contributed by atoms with Crippen LogP contribution in [0.1, 0.15) is 11.1 Å². The standard InChI is InChI=1S/C25H24O10/c1-32-22-11-16(5-9-20(22)34-14-24(28)29)3-7-18(26)13-19(27)8-4-17-6-10-21(23(12-17)33-2)35-15-25(30)31/h3-13,26H,14-15H2,1-2H3,(H,28,29)(H,30,31)/b7-3+,8-4+,18-13?. The zero-order chi connectivity index (χ0) is 25.8. The van der Waals surface area contributed by atoms with Crippen LogP contribution in [0.25, 0.3) is 12.2 Å². The molecule has 3 N–H and O–H groups in total. The van der Waals surface area contributed by atoms with E-state index >= 15 is 0 Å². The third-order valence-electron chi connectivity index (χ3n) is 4.25. The van der Waals surface area contributed by atoms with Crippen molar-refractivity contribution in [2.24, 2.45) is 0 Å². The molecule has 2 rings (SSSR count). The lowest BCUT2D eigenvalue weighted by molar-refractivity contribution is -0.140. The molecule has 0 aliphatic heterocycles. The third-order valence-corrected chi connectivity index (χ3v) is 4.25. The highest BCUT2D eigenvalue weighted by molar-refractivity contribution is 6.02. The molecule has 0 radical (unpaired) electrons. The number of carbonyl (C=O) groups excluding carboxylic acids is 1. The third kappa shape index (κ3) is 8.97. The molecule has 0 saturated heterocycles. The first-order valence-corrected chi connectivity index (χ1v) is 10.1. The number of rotatable bonds is 13. The maximum absolute atomic E-state index is 12.1. The highest BCUT2D eigenvalue weighted by atomic mass is 16.5. The van der Waals surface area contributed by atoms with E-state index in [1.165, 1.54) is 50.7 Å². The van der Waals surface area contributed by atoms with Crippen LogP contribution in [0.2, 0.25) is 0 Å². The highest BCUT2D eigenvalue weighted by Gasteiger charge is 2.08. The number of methoxy groups -OCH3 is 2. The molecule has 0 bridgehead atoms. The van der Waals surface area contributed by atoms with Crippen molar-refractivity contribution in [2.75, 3.05) is 27.4 Å². The van der Waals surface area contributed by atoms with Gasteiger partial charge in [0.1, 0.15) is 5.76 Å². The predicted octanol–water partition coefficient (Wildman–Crippen LogP) is 3.37. The molecule has 2 aromatic rings. The maximum atomic E-state index is 12.1. The molecular formula is C25H24O10. The Balaban J connectivity index is 2.04. The number of carboxylic acid groups (broad SMARTS) is 2. The summed E-state index contributed by atoms with van der Waals surface area (Å²) >= 11 is 0. The summed E-state index contributed by atoms with van der Waals surface area (Å²) in [5.74, 6) is -1.90. The van der Waals surface area contributed by atoms with Crippen LogP contribution in [0.4, 0.5) is 0 Å². The van der Waals surface area contributed by atoms with Gasteiger partial charge in [-0.05, 0) is 47.5 Å². The van der Waals surface area contributed by atoms with Gasteiger partial charge in [-0.2, -0.15) is 0 Å². The maximum Gasteiger partial charge on any atom is 0.341 e. The fourth-order valence-electron chi connectivity index (χ4n) is 2.70. The van der Waals surface area contributed by atoms with E-state index in [1.54, 1.807) is 24.3 Å². The number of benzene rings is 2. The number of ketones is 1. The Kier molecular flexibility index (Phi) is 9.92. The molecule has 0 aliphatic rings. The molecule has 10 nitrogen and oxygen atoms in total. The van der Waals surface area contributed by atoms with Gasteiger partial charge in [0.05, 0.1) is 14.2 Å². The van der Waals surface area contributed by atoms with Crippen molar-refractivity contribution in [2.45, 2.75) is 0 Å². The Morgan fingerprint density at radius 1 is 0.714 bits per heavy atom. The minimum absolute atomic E-state index is 0.249. The minimum Gasteiger partial charge on any atom is -0.508 e. The van der Waals surface area contributed by atoms with E-state index in [4.69, 9.17) is 29.2 Å². The van der Waals surface area contributed by atoms with E-state index in [1.807, 2.05) is 0 Å². The predicted molar refractivity (Wildman–Crippen MR) is 126 cm³/mol. The molecule has 0 amide bonds. The number of aliphatic hydroxyl groups excluding tert-OH is 1. The fourth-order valence-corrected chi connectivity index (χ4v) is 2.70. The van der Waals surface area contributed by atoms with Crippen molar-refractivity contribution in [3.05, 3.63) is 71.5 Å². The summed E-state index contributed by atoms with van der Waals surface area (Å²) in [6.07, 6.45) is 6.62. The Morgan fingerprint density at radius 3 is 1.60 bits per heavy atom. The highest BCUT2D eigenvalue weighted by Crippen LogP contribution is 2.29. The van der Waals surface area contributed by atoms with Crippen LogP contribution < -0.4 is 18.9 Å². The number of ether oxygens (including phenoxy) is 4. The smallest absolute Gasteiger partial charge is 0.341 e. The number of hydrogen-bond donors (Lipinski definition) is 3. The first-order valence-electron chi connectivity index (χ1n) is 10.1. The van der Waals surface area contributed by atoms with Gasteiger partial charge in [0, 0.05) is 6.08 Å². The number of aliphatic carboxylic acids is 2. The molecule has 0 saturated carbocycles. The molecular weight excluding hydrogens is 460 g/mol. The second kappa shape index (κ2) is 13.1. The van der Waals surface area contributed by atoms with Gasteiger partial charge >= 0.3 is 11.9 Å². The quantitative estimate of drug-likeness (QED) is 0.219. The molecule has 0 aromatic heterocycles. The van der Waals surface area contributed by atoms with Crippen LogP contribution in [-0.2, 0) is 14.4 Å². The lowest BCUT2D eigenvalue weighted by atomic mass is 10.1. The Morgan fingerprint density at radius 2 is 1.17 bits per heavy atom. The molecule has 0 heterocycles. The SMILES string of the molecule is COc1cc(/C=C/C(=O)C=C(O)/C=C/c2ccc(OCC(=O)O)c(OC)c2)ccc1OCC(=O)O. The lowest BCUT2D eigenvalue weighted by Crippen LogP contribution is -2.10. The molecule has 10 heteroatoms. The number of carboxylic acids is 2. The fraction of sp³-hybridized carbons (Fsp3) is 0.160. The zero-order valence-corrected chi connectivity index (χ0v) is 19.0. The Labute approximate surface area is 200 Å². The van der Waals surface area contributed by atoms with Crippen molar-refractivity contribution in [1.29, 1.82) is 0 Å². The molecule has 0 aliphatic carbocycles. The molecule has 0 unspecified atom stereocenters. The van der Waals surface area contributed by atoms with E-state index < -0.39 is 30.9 Å². The molecule has 0 spiro atoms. The summed E-state index contributed by atoms with van der Waals surface area (Å²) < 4.78 is 20.6. The Bertz CT molecular complexity index is 1160. The van der Waals surface area contributed by atoms with Crippen LogP contribution in [0.3, 0.4) is 0 Å². The van der Waals surface area contributed by atoms with Gasteiger partial charge in [-0.1, -0.05) is 24.3 Å². The molecule has 2 aromatic carbocycles. The van der Waals surface area contributed by atoms with Crippen LogP contribution >= 0.6 is 0 Å². The van der Waals surface area contributed by atoms with E-state index in [9.17, 15) is 19.5 Å². The summed E-state index contributed by atoms with van der Waals surface area (Å²) in [4.78, 5) is 33.4. The summed E-state index contributed by atoms with van der Waals surface area (Å²) in [5, 5.41) is 27.5. The summed E-state index contributed by atoms with van der Waals surface area (Å²) in [7, 11) is 2.81. The Hall–Kier alpha value is -4.73. The normalized spacial score (nSPS) is 11.4. The first kappa shape index (κ1) is 26.5. The average Bonchev–Trinajstić information content (AvgIpc) is 2.83. The largest absolute Gasteiger partial charge is 0.508 e. The first-order chi connectivity index (χ1) is 16.7. The van der Waals surface area contributed by atoms with Gasteiger partial charge in [-0.15, -0.1) is 0 Å². The molecule has 0 fully saturated rings. The zero-order valence-electron chi connectivity index (χ0n) is 19.0. The molecule has 35 heavy (non-hydrogen) atoms. The number of aliphatic hydroxyl groups is 1. The summed E-state index contributed by atoms with van der Waals surface area (Å²) in [6.45, 7) is -1.03. The minimum atomic E-state index is -1.12. The van der Waals surface area contributed by atoms with Crippen molar-refractivity contribution in [3.63, 3.8) is 0 Å². The second-order valence-corrected chi connectivity index (χ2v) is 6.82. The van der Waals surface area contributed by atoms with Gasteiger partial charge in [-0.25, -0.2) is 9.59 Å². The van der Waals surface area contributed by atoms with Crippen molar-refractivity contribution in [1.82, 2.24) is 0 Å². The lowest BCUT2D eigenvalue weighted by Gasteiger charge is -2.09. The van der Waals surface area contributed by atoms with Crippen molar-refractivity contribution >= 4 is 29.9 Å². The van der Waals surface area contributed by atoms with Crippen LogP contribution in [0, 0.1) is 0 Å². The number of hydrogen-bond acceptors (Lipinski definition) is 8. The summed E-state index contributed by atoms with van der Waals surface area (Å²) in [6, 6.07) is 9.45. The summed E-state index contributed by atoms with van der Waals surface area (Å²) in [5.41, 5.74) is 1.21. The van der Waals surface area contributed by atoms with Crippen molar-refractivity contribution in [3.8, 4) is 23.0 Å². The van der Waals surface area contributed by atoms with E-state index in [2.05, 4.69) is 0 Å². The topological polar surface area (TPSA) is 149 Å². The van der Waals surface area contributed by atoms with Gasteiger partial charge in [-0.3, -0.25) is 4.79 Å². The van der Waals surface area contributed by atoms with Crippen molar-refractivity contribution < 1.29 is 48.7 Å². The van der Waals surface area contributed by atoms with E-state index in [-0.39, 0.29) is 17.3 Å². The van der Waals surface area contributed by atoms with Gasteiger partial charge < -0.3 is 34.3 Å². The van der Waals surface area contributed by atoms with Crippen LogP contribution in [0.5, 0.6) is 23.0 Å². The number of carbonyl (C=O) groups is 3. The van der Waals surface area contributed by atoms with Crippen LogP contribution in [0.15, 0.2) is 60.4 Å². The number of allylic oxidation sites excluding steroid dienone is 3. The van der Waals surface area contributed by atoms with E-state index in [0.29, 0.717) is 22.6 Å². The van der Waals surface area contributed by atoms with E-state index in [0.717, 1.165) is 6.08 Å². The van der Waals surface area contributed by atoms with Crippen LogP contribution in [-0.4, -0.2) is 60.5 Å². The van der Waals surface area contributed by atoms with Gasteiger partial charge in [0.25, 0.3) is 0 Å². The second-order valence-electron chi connectivity index (χ2n) is 6.82. The average molecular weight is 484 g/mol. The van der Waals surface area contributed by atoms with Gasteiger partial charge in [0.15, 0.2) is 42.0 Å². The molecule has 0 atom stereocenters.